The van der Waals surface area contributed by atoms with E-state index in [4.69, 9.17) is 18.8 Å². The standard InChI is InChI=1S/C23H36BNO5/c1-21(2,3)28-20(26)17-10-8-16(9-11-17)15-27-19-13-12-18(14-25-19)24-29-22(4,5)23(6,7)30-24/h12-14,16-17H,8-11,15H2,1-7H3. The molecular formula is C23H36BNO5. The van der Waals surface area contributed by atoms with Crippen LogP contribution in [-0.2, 0) is 18.8 Å². The number of hydrogen-bond acceptors (Lipinski definition) is 6. The molecule has 1 aliphatic heterocycles. The van der Waals surface area contributed by atoms with E-state index in [1.165, 1.54) is 0 Å². The summed E-state index contributed by atoms with van der Waals surface area (Å²) in [6.45, 7) is 14.5. The Bertz CT molecular complexity index is 717. The second kappa shape index (κ2) is 8.50. The fourth-order valence-electron chi connectivity index (χ4n) is 3.75. The molecule has 1 aliphatic carbocycles. The van der Waals surface area contributed by atoms with Gasteiger partial charge in [-0.2, -0.15) is 0 Å². The minimum absolute atomic E-state index is 0.0118. The number of rotatable bonds is 5. The van der Waals surface area contributed by atoms with Gasteiger partial charge in [0.15, 0.2) is 0 Å². The SMILES string of the molecule is CC(C)(C)OC(=O)C1CCC(COc2ccc(B3OC(C)(C)C(C)(C)O3)cn2)CC1. The maximum atomic E-state index is 12.2. The molecule has 0 bridgehead atoms. The Morgan fingerprint density at radius 2 is 1.70 bits per heavy atom. The van der Waals surface area contributed by atoms with Crippen molar-refractivity contribution in [1.82, 2.24) is 4.98 Å². The Balaban J connectivity index is 1.45. The lowest BCUT2D eigenvalue weighted by Gasteiger charge is -2.32. The van der Waals surface area contributed by atoms with E-state index in [0.29, 0.717) is 18.4 Å². The van der Waals surface area contributed by atoms with Crippen LogP contribution in [-0.4, -0.2) is 41.5 Å². The first-order valence-electron chi connectivity index (χ1n) is 11.0. The van der Waals surface area contributed by atoms with Gasteiger partial charge in [0.25, 0.3) is 0 Å². The van der Waals surface area contributed by atoms with Gasteiger partial charge in [-0.1, -0.05) is 6.07 Å². The molecule has 1 aromatic rings. The quantitative estimate of drug-likeness (QED) is 0.535. The van der Waals surface area contributed by atoms with Crippen LogP contribution in [0.5, 0.6) is 5.88 Å². The molecule has 1 aromatic heterocycles. The summed E-state index contributed by atoms with van der Waals surface area (Å²) < 4.78 is 23.6. The smallest absolute Gasteiger partial charge is 0.477 e. The van der Waals surface area contributed by atoms with Crippen molar-refractivity contribution in [2.24, 2.45) is 11.8 Å². The molecule has 0 N–H and O–H groups in total. The summed E-state index contributed by atoms with van der Waals surface area (Å²) >= 11 is 0. The Morgan fingerprint density at radius 1 is 1.10 bits per heavy atom. The second-order valence-electron chi connectivity index (χ2n) is 10.6. The molecular weight excluding hydrogens is 381 g/mol. The van der Waals surface area contributed by atoms with Crippen molar-refractivity contribution in [1.29, 1.82) is 0 Å². The summed E-state index contributed by atoms with van der Waals surface area (Å²) in [4.78, 5) is 16.7. The van der Waals surface area contributed by atoms with Crippen LogP contribution >= 0.6 is 0 Å². The molecule has 1 saturated carbocycles. The largest absolute Gasteiger partial charge is 0.496 e. The molecule has 0 atom stereocenters. The molecule has 2 aliphatic rings. The van der Waals surface area contributed by atoms with Crippen molar-refractivity contribution in [3.05, 3.63) is 18.3 Å². The number of nitrogens with zero attached hydrogens (tertiary/aromatic N) is 1. The van der Waals surface area contributed by atoms with E-state index in [0.717, 1.165) is 31.1 Å². The van der Waals surface area contributed by atoms with Crippen molar-refractivity contribution in [2.45, 2.75) is 91.0 Å². The molecule has 7 heteroatoms. The lowest BCUT2D eigenvalue weighted by atomic mass is 9.80. The Hall–Kier alpha value is -1.60. The molecule has 1 saturated heterocycles. The molecule has 0 aromatic carbocycles. The van der Waals surface area contributed by atoms with Gasteiger partial charge in [0.2, 0.25) is 5.88 Å². The second-order valence-corrected chi connectivity index (χ2v) is 10.6. The third-order valence-corrected chi connectivity index (χ3v) is 6.34. The van der Waals surface area contributed by atoms with Crippen LogP contribution in [0.1, 0.15) is 74.1 Å². The molecule has 2 fully saturated rings. The summed E-state index contributed by atoms with van der Waals surface area (Å²) in [5.74, 6) is 0.984. The Morgan fingerprint density at radius 3 is 2.20 bits per heavy atom. The number of carbonyl (C=O) groups is 1. The van der Waals surface area contributed by atoms with Crippen LogP contribution in [0.25, 0.3) is 0 Å². The molecule has 6 nitrogen and oxygen atoms in total. The summed E-state index contributed by atoms with van der Waals surface area (Å²) in [6, 6.07) is 3.82. The first-order chi connectivity index (χ1) is 13.9. The summed E-state index contributed by atoms with van der Waals surface area (Å²) in [5, 5.41) is 0. The highest BCUT2D eigenvalue weighted by atomic mass is 16.7. The van der Waals surface area contributed by atoms with Gasteiger partial charge >= 0.3 is 13.1 Å². The summed E-state index contributed by atoms with van der Waals surface area (Å²) in [7, 11) is -0.417. The molecule has 166 valence electrons. The van der Waals surface area contributed by atoms with E-state index in [-0.39, 0.29) is 23.1 Å². The maximum Gasteiger partial charge on any atom is 0.496 e. The van der Waals surface area contributed by atoms with Gasteiger partial charge in [-0.15, -0.1) is 0 Å². The fourth-order valence-corrected chi connectivity index (χ4v) is 3.75. The molecule has 0 amide bonds. The van der Waals surface area contributed by atoms with E-state index >= 15 is 0 Å². The number of esters is 1. The minimum atomic E-state index is -0.422. The van der Waals surface area contributed by atoms with Crippen molar-refractivity contribution < 1.29 is 23.6 Å². The average molecular weight is 417 g/mol. The van der Waals surface area contributed by atoms with Crippen LogP contribution in [0, 0.1) is 11.8 Å². The van der Waals surface area contributed by atoms with Crippen molar-refractivity contribution in [2.75, 3.05) is 6.61 Å². The summed E-state index contributed by atoms with van der Waals surface area (Å²) in [5.41, 5.74) is -0.274. The van der Waals surface area contributed by atoms with Crippen LogP contribution in [0.15, 0.2) is 18.3 Å². The van der Waals surface area contributed by atoms with E-state index < -0.39 is 12.7 Å². The lowest BCUT2D eigenvalue weighted by molar-refractivity contribution is -0.161. The molecule has 0 spiro atoms. The number of pyridine rings is 1. The van der Waals surface area contributed by atoms with Gasteiger partial charge < -0.3 is 18.8 Å². The lowest BCUT2D eigenvalue weighted by Crippen LogP contribution is -2.41. The zero-order valence-electron chi connectivity index (χ0n) is 19.5. The van der Waals surface area contributed by atoms with Crippen molar-refractivity contribution in [3.8, 4) is 5.88 Å². The Labute approximate surface area is 181 Å². The van der Waals surface area contributed by atoms with Gasteiger partial charge in [0.05, 0.1) is 23.7 Å². The molecule has 3 rings (SSSR count). The van der Waals surface area contributed by atoms with Crippen LogP contribution < -0.4 is 10.2 Å². The molecule has 30 heavy (non-hydrogen) atoms. The topological polar surface area (TPSA) is 66.9 Å². The van der Waals surface area contributed by atoms with Crippen molar-refractivity contribution in [3.63, 3.8) is 0 Å². The van der Waals surface area contributed by atoms with Crippen LogP contribution in [0.3, 0.4) is 0 Å². The maximum absolute atomic E-state index is 12.2. The molecule has 0 unspecified atom stereocenters. The fraction of sp³-hybridized carbons (Fsp3) is 0.739. The highest BCUT2D eigenvalue weighted by Crippen LogP contribution is 2.36. The average Bonchev–Trinajstić information content (AvgIpc) is 2.87. The summed E-state index contributed by atoms with van der Waals surface area (Å²) in [6.07, 6.45) is 5.41. The van der Waals surface area contributed by atoms with Gasteiger partial charge in [0.1, 0.15) is 5.60 Å². The van der Waals surface area contributed by atoms with Crippen LogP contribution in [0.2, 0.25) is 0 Å². The zero-order chi connectivity index (χ0) is 22.2. The minimum Gasteiger partial charge on any atom is -0.477 e. The predicted octanol–water partition coefficient (Wildman–Crippen LogP) is 3.91. The number of aromatic nitrogens is 1. The van der Waals surface area contributed by atoms with E-state index in [1.54, 1.807) is 6.20 Å². The van der Waals surface area contributed by atoms with E-state index in [9.17, 15) is 4.79 Å². The highest BCUT2D eigenvalue weighted by Gasteiger charge is 2.51. The third kappa shape index (κ3) is 5.55. The predicted molar refractivity (Wildman–Crippen MR) is 117 cm³/mol. The van der Waals surface area contributed by atoms with Crippen LogP contribution in [0.4, 0.5) is 0 Å². The third-order valence-electron chi connectivity index (χ3n) is 6.34. The number of hydrogen-bond donors (Lipinski definition) is 0. The van der Waals surface area contributed by atoms with Gasteiger partial charge in [-0.05, 0) is 86.1 Å². The van der Waals surface area contributed by atoms with E-state index in [2.05, 4.69) is 4.98 Å². The van der Waals surface area contributed by atoms with Gasteiger partial charge in [-0.3, -0.25) is 4.79 Å². The number of carbonyl (C=O) groups excluding carboxylic acids is 1. The highest BCUT2D eigenvalue weighted by molar-refractivity contribution is 6.62. The molecule has 0 radical (unpaired) electrons. The first kappa shape index (κ1) is 23.1. The number of ether oxygens (including phenoxy) is 2. The normalized spacial score (nSPS) is 25.8. The Kier molecular flexibility index (Phi) is 6.54. The van der Waals surface area contributed by atoms with Crippen molar-refractivity contribution >= 4 is 18.6 Å². The van der Waals surface area contributed by atoms with Gasteiger partial charge in [0, 0.05) is 11.7 Å². The molecule has 2 heterocycles. The first-order valence-corrected chi connectivity index (χ1v) is 11.0. The zero-order valence-corrected chi connectivity index (χ0v) is 19.5. The van der Waals surface area contributed by atoms with Gasteiger partial charge in [-0.25, -0.2) is 4.98 Å². The van der Waals surface area contributed by atoms with E-state index in [1.807, 2.05) is 60.6 Å². The monoisotopic (exact) mass is 417 g/mol.